The van der Waals surface area contributed by atoms with Crippen LogP contribution >= 0.6 is 0 Å². The summed E-state index contributed by atoms with van der Waals surface area (Å²) in [7, 11) is 0. The average Bonchev–Trinajstić information content (AvgIpc) is 2.23. The van der Waals surface area contributed by atoms with Crippen LogP contribution in [-0.4, -0.2) is 4.98 Å². The molecule has 0 spiro atoms. The first kappa shape index (κ1) is 9.71. The third kappa shape index (κ3) is 1.99. The molecule has 2 nitrogen and oxygen atoms in total. The van der Waals surface area contributed by atoms with Crippen LogP contribution in [0.3, 0.4) is 0 Å². The number of nitrogens with zero attached hydrogens (tertiary/aromatic N) is 1. The lowest BCUT2D eigenvalue weighted by atomic mass is 10.1. The van der Waals surface area contributed by atoms with Gasteiger partial charge in [-0.3, -0.25) is 4.98 Å². The first-order valence-corrected chi connectivity index (χ1v) is 4.97. The van der Waals surface area contributed by atoms with E-state index in [1.807, 2.05) is 31.2 Å². The summed E-state index contributed by atoms with van der Waals surface area (Å²) < 4.78 is 0. The van der Waals surface area contributed by atoms with Crippen molar-refractivity contribution in [2.24, 2.45) is 0 Å². The molecule has 0 bridgehead atoms. The summed E-state index contributed by atoms with van der Waals surface area (Å²) in [6.07, 6.45) is 0. The summed E-state index contributed by atoms with van der Waals surface area (Å²) in [4.78, 5) is 4.45. The van der Waals surface area contributed by atoms with Gasteiger partial charge in [-0.25, -0.2) is 0 Å². The molecule has 76 valence electrons. The van der Waals surface area contributed by atoms with E-state index < -0.39 is 0 Å². The Hall–Kier alpha value is -1.83. The Morgan fingerprint density at radius 3 is 2.27 bits per heavy atom. The molecule has 0 aliphatic rings. The normalized spacial score (nSPS) is 10.3. The van der Waals surface area contributed by atoms with Crippen LogP contribution in [0, 0.1) is 13.8 Å². The highest BCUT2D eigenvalue weighted by molar-refractivity contribution is 5.72. The fourth-order valence-corrected chi connectivity index (χ4v) is 1.51. The zero-order valence-electron chi connectivity index (χ0n) is 8.99. The van der Waals surface area contributed by atoms with E-state index in [1.165, 1.54) is 5.56 Å². The lowest BCUT2D eigenvalue weighted by molar-refractivity contribution is 1.21. The van der Waals surface area contributed by atoms with E-state index in [1.54, 1.807) is 0 Å². The van der Waals surface area contributed by atoms with Crippen molar-refractivity contribution in [1.82, 2.24) is 4.98 Å². The summed E-state index contributed by atoms with van der Waals surface area (Å²) in [5.41, 5.74) is 10.8. The van der Waals surface area contributed by atoms with Crippen molar-refractivity contribution in [1.29, 1.82) is 0 Å². The zero-order valence-corrected chi connectivity index (χ0v) is 8.99. The molecule has 2 heteroatoms. The molecule has 2 aromatic rings. The molecule has 0 fully saturated rings. The van der Waals surface area contributed by atoms with Crippen molar-refractivity contribution in [3.63, 3.8) is 0 Å². The van der Waals surface area contributed by atoms with Crippen LogP contribution in [0.2, 0.25) is 0 Å². The van der Waals surface area contributed by atoms with E-state index in [2.05, 4.69) is 24.0 Å². The standard InChI is InChI=1S/C13H14N2/c1-9-3-6-11(7-4-9)13-12(14)8-5-10(2)15-13/h3-8H,14H2,1-2H3. The molecule has 0 radical (unpaired) electrons. The van der Waals surface area contributed by atoms with Gasteiger partial charge in [-0.1, -0.05) is 29.8 Å². The second-order valence-electron chi connectivity index (χ2n) is 3.76. The minimum Gasteiger partial charge on any atom is -0.397 e. The van der Waals surface area contributed by atoms with Crippen LogP contribution in [0.4, 0.5) is 5.69 Å². The lowest BCUT2D eigenvalue weighted by Crippen LogP contribution is -1.94. The zero-order chi connectivity index (χ0) is 10.8. The third-order valence-electron chi connectivity index (χ3n) is 2.39. The van der Waals surface area contributed by atoms with Gasteiger partial charge in [0.05, 0.1) is 11.4 Å². The quantitative estimate of drug-likeness (QED) is 0.765. The van der Waals surface area contributed by atoms with Crippen LogP contribution in [0.5, 0.6) is 0 Å². The van der Waals surface area contributed by atoms with Gasteiger partial charge >= 0.3 is 0 Å². The van der Waals surface area contributed by atoms with E-state index in [0.717, 1.165) is 22.6 Å². The highest BCUT2D eigenvalue weighted by Crippen LogP contribution is 2.23. The number of nitrogen functional groups attached to an aromatic ring is 1. The molecule has 1 aromatic heterocycles. The first-order chi connectivity index (χ1) is 7.16. The molecule has 1 heterocycles. The van der Waals surface area contributed by atoms with Crippen molar-refractivity contribution < 1.29 is 0 Å². The summed E-state index contributed by atoms with van der Waals surface area (Å²) in [6.45, 7) is 4.04. The fraction of sp³-hybridized carbons (Fsp3) is 0.154. The molecular weight excluding hydrogens is 184 g/mol. The van der Waals surface area contributed by atoms with E-state index >= 15 is 0 Å². The topological polar surface area (TPSA) is 38.9 Å². The Labute approximate surface area is 89.8 Å². The fourth-order valence-electron chi connectivity index (χ4n) is 1.51. The maximum Gasteiger partial charge on any atom is 0.0934 e. The molecule has 0 unspecified atom stereocenters. The number of hydrogen-bond acceptors (Lipinski definition) is 2. The molecular formula is C13H14N2. The number of benzene rings is 1. The van der Waals surface area contributed by atoms with Gasteiger partial charge in [0, 0.05) is 11.3 Å². The van der Waals surface area contributed by atoms with Crippen LogP contribution in [0.15, 0.2) is 36.4 Å². The monoisotopic (exact) mass is 198 g/mol. The maximum atomic E-state index is 5.90. The molecule has 2 rings (SSSR count). The first-order valence-electron chi connectivity index (χ1n) is 4.97. The Bertz CT molecular complexity index is 472. The Kier molecular flexibility index (Phi) is 2.42. The molecule has 0 aliphatic heterocycles. The van der Waals surface area contributed by atoms with Gasteiger partial charge in [-0.05, 0) is 26.0 Å². The number of rotatable bonds is 1. The Morgan fingerprint density at radius 1 is 0.933 bits per heavy atom. The minimum absolute atomic E-state index is 0.726. The second-order valence-corrected chi connectivity index (χ2v) is 3.76. The van der Waals surface area contributed by atoms with Crippen LogP contribution < -0.4 is 5.73 Å². The highest BCUT2D eigenvalue weighted by atomic mass is 14.8. The summed E-state index contributed by atoms with van der Waals surface area (Å²) >= 11 is 0. The number of aryl methyl sites for hydroxylation is 2. The van der Waals surface area contributed by atoms with Crippen molar-refractivity contribution in [3.8, 4) is 11.3 Å². The molecule has 0 saturated carbocycles. The predicted octanol–water partition coefficient (Wildman–Crippen LogP) is 2.95. The maximum absolute atomic E-state index is 5.90. The van der Waals surface area contributed by atoms with E-state index in [9.17, 15) is 0 Å². The van der Waals surface area contributed by atoms with Crippen LogP contribution in [-0.2, 0) is 0 Å². The Balaban J connectivity index is 2.53. The number of hydrogen-bond donors (Lipinski definition) is 1. The van der Waals surface area contributed by atoms with Crippen LogP contribution in [0.1, 0.15) is 11.3 Å². The van der Waals surface area contributed by atoms with Gasteiger partial charge in [0.15, 0.2) is 0 Å². The van der Waals surface area contributed by atoms with E-state index in [0.29, 0.717) is 0 Å². The molecule has 1 aromatic carbocycles. The summed E-state index contributed by atoms with van der Waals surface area (Å²) in [5.74, 6) is 0. The number of pyridine rings is 1. The average molecular weight is 198 g/mol. The molecule has 0 amide bonds. The highest BCUT2D eigenvalue weighted by Gasteiger charge is 2.03. The van der Waals surface area contributed by atoms with Gasteiger partial charge in [0.1, 0.15) is 0 Å². The third-order valence-corrected chi connectivity index (χ3v) is 2.39. The van der Waals surface area contributed by atoms with Crippen molar-refractivity contribution in [2.75, 3.05) is 5.73 Å². The van der Waals surface area contributed by atoms with Gasteiger partial charge in [0.25, 0.3) is 0 Å². The van der Waals surface area contributed by atoms with Crippen molar-refractivity contribution in [3.05, 3.63) is 47.7 Å². The van der Waals surface area contributed by atoms with Crippen molar-refractivity contribution >= 4 is 5.69 Å². The second kappa shape index (κ2) is 3.73. The number of aromatic nitrogens is 1. The minimum atomic E-state index is 0.726. The van der Waals surface area contributed by atoms with Gasteiger partial charge in [-0.2, -0.15) is 0 Å². The smallest absolute Gasteiger partial charge is 0.0934 e. The summed E-state index contributed by atoms with van der Waals surface area (Å²) in [6, 6.07) is 12.1. The number of nitrogens with two attached hydrogens (primary N) is 1. The van der Waals surface area contributed by atoms with Crippen LogP contribution in [0.25, 0.3) is 11.3 Å². The van der Waals surface area contributed by atoms with Crippen molar-refractivity contribution in [2.45, 2.75) is 13.8 Å². The molecule has 0 atom stereocenters. The van der Waals surface area contributed by atoms with E-state index in [4.69, 9.17) is 5.73 Å². The summed E-state index contributed by atoms with van der Waals surface area (Å²) in [5, 5.41) is 0. The lowest BCUT2D eigenvalue weighted by Gasteiger charge is -2.06. The largest absolute Gasteiger partial charge is 0.397 e. The van der Waals surface area contributed by atoms with E-state index in [-0.39, 0.29) is 0 Å². The van der Waals surface area contributed by atoms with Gasteiger partial charge in [0.2, 0.25) is 0 Å². The van der Waals surface area contributed by atoms with Gasteiger partial charge in [-0.15, -0.1) is 0 Å². The number of anilines is 1. The molecule has 2 N–H and O–H groups in total. The molecule has 0 aliphatic carbocycles. The predicted molar refractivity (Wildman–Crippen MR) is 63.6 cm³/mol. The SMILES string of the molecule is Cc1ccc(-c2nc(C)ccc2N)cc1. The van der Waals surface area contributed by atoms with Gasteiger partial charge < -0.3 is 5.73 Å². The molecule has 0 saturated heterocycles. The molecule has 15 heavy (non-hydrogen) atoms. The Morgan fingerprint density at radius 2 is 1.60 bits per heavy atom.